The van der Waals surface area contributed by atoms with E-state index in [9.17, 15) is 4.79 Å². The van der Waals surface area contributed by atoms with Crippen molar-refractivity contribution < 1.29 is 9.53 Å². The van der Waals surface area contributed by atoms with E-state index < -0.39 is 0 Å². The molecular formula is C26H35N5O2. The molecule has 0 saturated carbocycles. The van der Waals surface area contributed by atoms with Crippen LogP contribution in [0.25, 0.3) is 22.3 Å². The van der Waals surface area contributed by atoms with E-state index in [2.05, 4.69) is 52.1 Å². The molecule has 176 valence electrons. The molecule has 33 heavy (non-hydrogen) atoms. The van der Waals surface area contributed by atoms with Crippen molar-refractivity contribution in [2.45, 2.75) is 52.1 Å². The quantitative estimate of drug-likeness (QED) is 0.614. The summed E-state index contributed by atoms with van der Waals surface area (Å²) in [6.07, 6.45) is 5.62. The summed E-state index contributed by atoms with van der Waals surface area (Å²) in [5, 5.41) is 9.06. The molecule has 1 atom stereocenters. The van der Waals surface area contributed by atoms with Gasteiger partial charge in [0.15, 0.2) is 0 Å². The monoisotopic (exact) mass is 449 g/mol. The van der Waals surface area contributed by atoms with Gasteiger partial charge in [-0.25, -0.2) is 0 Å². The average molecular weight is 450 g/mol. The number of carbonyl (C=O) groups is 1. The highest BCUT2D eigenvalue weighted by molar-refractivity contribution is 5.97. The van der Waals surface area contributed by atoms with Gasteiger partial charge >= 0.3 is 0 Å². The van der Waals surface area contributed by atoms with Crippen molar-refractivity contribution in [1.82, 2.24) is 20.1 Å². The molecule has 0 unspecified atom stereocenters. The maximum absolute atomic E-state index is 13.0. The van der Waals surface area contributed by atoms with E-state index >= 15 is 0 Å². The second-order valence-corrected chi connectivity index (χ2v) is 10.5. The lowest BCUT2D eigenvalue weighted by molar-refractivity contribution is -0.120. The minimum absolute atomic E-state index is 0.0990. The number of hydrogen-bond acceptors (Lipinski definition) is 4. The van der Waals surface area contributed by atoms with Crippen LogP contribution in [0.2, 0.25) is 0 Å². The van der Waals surface area contributed by atoms with Gasteiger partial charge in [0.1, 0.15) is 5.69 Å². The molecule has 0 radical (unpaired) electrons. The number of nitrogens with one attached hydrogen (secondary N) is 2. The van der Waals surface area contributed by atoms with Crippen LogP contribution in [-0.2, 0) is 22.4 Å². The Morgan fingerprint density at radius 2 is 2.18 bits per heavy atom. The highest BCUT2D eigenvalue weighted by atomic mass is 16.5. The minimum atomic E-state index is 0.0990. The van der Waals surface area contributed by atoms with Gasteiger partial charge in [0.25, 0.3) is 0 Å². The number of methoxy groups -OCH3 is 1. The summed E-state index contributed by atoms with van der Waals surface area (Å²) in [6, 6.07) is 8.33. The zero-order valence-electron chi connectivity index (χ0n) is 20.2. The summed E-state index contributed by atoms with van der Waals surface area (Å²) in [5.41, 5.74) is 6.90. The van der Waals surface area contributed by atoms with Crippen LogP contribution < -0.4 is 4.90 Å². The predicted octanol–water partition coefficient (Wildman–Crippen LogP) is 4.15. The fourth-order valence-electron chi connectivity index (χ4n) is 5.31. The Kier molecular flexibility index (Phi) is 5.79. The van der Waals surface area contributed by atoms with Gasteiger partial charge in [0, 0.05) is 48.5 Å². The van der Waals surface area contributed by atoms with Crippen LogP contribution in [0, 0.1) is 5.41 Å². The number of anilines is 1. The van der Waals surface area contributed by atoms with Crippen molar-refractivity contribution in [3.8, 4) is 11.4 Å². The SMILES string of the molecule is CO[C@H]1CCCN(CC(=O)N(C)c2ccc3cc(-c4n[nH]c5c4CCC(C)(C)C5)[nH]c3c2)C1. The van der Waals surface area contributed by atoms with Gasteiger partial charge in [-0.15, -0.1) is 0 Å². The van der Waals surface area contributed by atoms with Crippen molar-refractivity contribution in [2.24, 2.45) is 5.41 Å². The Balaban J connectivity index is 1.34. The Hall–Kier alpha value is -2.64. The first-order chi connectivity index (χ1) is 15.8. The number of amides is 1. The summed E-state index contributed by atoms with van der Waals surface area (Å²) in [6.45, 7) is 6.82. The smallest absolute Gasteiger partial charge is 0.240 e. The zero-order chi connectivity index (χ0) is 23.2. The number of likely N-dealkylation sites (N-methyl/N-ethyl adjacent to an activating group) is 1. The van der Waals surface area contributed by atoms with Crippen LogP contribution in [0.4, 0.5) is 5.69 Å². The molecule has 1 aliphatic heterocycles. The number of rotatable bonds is 5. The van der Waals surface area contributed by atoms with Crippen molar-refractivity contribution in [1.29, 1.82) is 0 Å². The molecule has 2 aromatic heterocycles. The number of aromatic nitrogens is 3. The molecule has 1 amide bonds. The average Bonchev–Trinajstić information content (AvgIpc) is 3.40. The highest BCUT2D eigenvalue weighted by Gasteiger charge is 2.29. The van der Waals surface area contributed by atoms with E-state index in [4.69, 9.17) is 4.74 Å². The number of fused-ring (bicyclic) bond motifs is 2. The van der Waals surface area contributed by atoms with Crippen LogP contribution in [0.1, 0.15) is 44.4 Å². The number of hydrogen-bond donors (Lipinski definition) is 2. The van der Waals surface area contributed by atoms with Crippen LogP contribution >= 0.6 is 0 Å². The Morgan fingerprint density at radius 1 is 1.33 bits per heavy atom. The normalized spacial score (nSPS) is 20.7. The standard InChI is InChI=1S/C26H35N5O2/c1-26(2)10-9-20-23(14-26)28-29-25(20)22-12-17-7-8-18(13-21(17)27-22)30(3)24(32)16-31-11-5-6-19(15-31)33-4/h7-8,12-13,19,27H,5-6,9-11,14-16H2,1-4H3,(H,28,29)/t19-/m0/s1. The molecule has 3 aromatic rings. The van der Waals surface area contributed by atoms with Crippen molar-refractivity contribution in [2.75, 3.05) is 38.7 Å². The topological polar surface area (TPSA) is 77.2 Å². The fraction of sp³-hybridized carbons (Fsp3) is 0.538. The molecule has 0 spiro atoms. The Morgan fingerprint density at radius 3 is 3.00 bits per heavy atom. The largest absolute Gasteiger partial charge is 0.380 e. The van der Waals surface area contributed by atoms with Gasteiger partial charge < -0.3 is 14.6 Å². The molecule has 7 heteroatoms. The first-order valence-corrected chi connectivity index (χ1v) is 12.0. The summed E-state index contributed by atoms with van der Waals surface area (Å²) >= 11 is 0. The third kappa shape index (κ3) is 4.44. The first-order valence-electron chi connectivity index (χ1n) is 12.0. The number of ether oxygens (including phenoxy) is 1. The summed E-state index contributed by atoms with van der Waals surface area (Å²) in [7, 11) is 3.61. The van der Waals surface area contributed by atoms with Gasteiger partial charge in [-0.05, 0) is 62.3 Å². The van der Waals surface area contributed by atoms with Gasteiger partial charge in [-0.3, -0.25) is 14.8 Å². The molecular weight excluding hydrogens is 414 g/mol. The van der Waals surface area contributed by atoms with E-state index in [1.54, 1.807) is 12.0 Å². The van der Waals surface area contributed by atoms with Gasteiger partial charge in [0.05, 0.1) is 18.3 Å². The number of H-pyrrole nitrogens is 2. The maximum Gasteiger partial charge on any atom is 0.240 e. The molecule has 0 bridgehead atoms. The van der Waals surface area contributed by atoms with E-state index in [-0.39, 0.29) is 12.0 Å². The van der Waals surface area contributed by atoms with E-state index in [0.717, 1.165) is 66.8 Å². The number of likely N-dealkylation sites (tertiary alicyclic amines) is 1. The lowest BCUT2D eigenvalue weighted by atomic mass is 9.76. The molecule has 1 fully saturated rings. The molecule has 1 aromatic carbocycles. The number of carbonyl (C=O) groups excluding carboxylic acids is 1. The van der Waals surface area contributed by atoms with Crippen LogP contribution in [0.3, 0.4) is 0 Å². The maximum atomic E-state index is 13.0. The molecule has 3 heterocycles. The van der Waals surface area contributed by atoms with Crippen LogP contribution in [0.5, 0.6) is 0 Å². The third-order valence-corrected chi connectivity index (χ3v) is 7.44. The number of piperidine rings is 1. The third-order valence-electron chi connectivity index (χ3n) is 7.44. The lowest BCUT2D eigenvalue weighted by Gasteiger charge is -2.32. The fourth-order valence-corrected chi connectivity index (χ4v) is 5.31. The summed E-state index contributed by atoms with van der Waals surface area (Å²) in [5.74, 6) is 0.0990. The van der Waals surface area contributed by atoms with Crippen molar-refractivity contribution >= 4 is 22.5 Å². The number of aromatic amines is 2. The molecule has 1 saturated heterocycles. The predicted molar refractivity (Wildman–Crippen MR) is 132 cm³/mol. The van der Waals surface area contributed by atoms with Crippen molar-refractivity contribution in [3.05, 3.63) is 35.5 Å². The van der Waals surface area contributed by atoms with E-state index in [1.807, 2.05) is 13.1 Å². The minimum Gasteiger partial charge on any atom is -0.380 e. The molecule has 5 rings (SSSR count). The van der Waals surface area contributed by atoms with Crippen molar-refractivity contribution in [3.63, 3.8) is 0 Å². The first kappa shape index (κ1) is 22.2. The molecule has 2 N–H and O–H groups in total. The number of nitrogens with zero attached hydrogens (tertiary/aromatic N) is 3. The molecule has 2 aliphatic rings. The molecule has 7 nitrogen and oxygen atoms in total. The van der Waals surface area contributed by atoms with Gasteiger partial charge in [0.2, 0.25) is 5.91 Å². The van der Waals surface area contributed by atoms with Gasteiger partial charge in [-0.2, -0.15) is 5.10 Å². The van der Waals surface area contributed by atoms with E-state index in [0.29, 0.717) is 12.0 Å². The number of benzene rings is 1. The van der Waals surface area contributed by atoms with Crippen LogP contribution in [-0.4, -0.2) is 65.9 Å². The highest BCUT2D eigenvalue weighted by Crippen LogP contribution is 2.38. The second kappa shape index (κ2) is 8.61. The van der Waals surface area contributed by atoms with E-state index in [1.165, 1.54) is 17.7 Å². The second-order valence-electron chi connectivity index (χ2n) is 10.5. The Labute approximate surface area is 195 Å². The summed E-state index contributed by atoms with van der Waals surface area (Å²) < 4.78 is 5.50. The van der Waals surface area contributed by atoms with Crippen LogP contribution in [0.15, 0.2) is 24.3 Å². The molecule has 1 aliphatic carbocycles. The Bertz CT molecular complexity index is 1160. The summed E-state index contributed by atoms with van der Waals surface area (Å²) in [4.78, 5) is 20.5. The zero-order valence-corrected chi connectivity index (χ0v) is 20.2. The lowest BCUT2D eigenvalue weighted by Crippen LogP contribution is -2.45. The van der Waals surface area contributed by atoms with Gasteiger partial charge in [-0.1, -0.05) is 19.9 Å².